The van der Waals surface area contributed by atoms with Gasteiger partial charge in [-0.25, -0.2) is 13.1 Å². The highest BCUT2D eigenvalue weighted by atomic mass is 32.2. The number of anilines is 1. The molecule has 6 nitrogen and oxygen atoms in total. The lowest BCUT2D eigenvalue weighted by atomic mass is 10.3. The highest BCUT2D eigenvalue weighted by Crippen LogP contribution is 2.23. The normalized spacial score (nSPS) is 11.5. The summed E-state index contributed by atoms with van der Waals surface area (Å²) in [6.45, 7) is 0.976. The van der Waals surface area contributed by atoms with Crippen LogP contribution >= 0.6 is 0 Å². The Balaban J connectivity index is 2.67. The third kappa shape index (κ3) is 4.70. The van der Waals surface area contributed by atoms with Gasteiger partial charge in [0.1, 0.15) is 10.6 Å². The zero-order chi connectivity index (χ0) is 14.3. The number of methoxy groups -OCH3 is 2. The lowest BCUT2D eigenvalue weighted by Gasteiger charge is -2.10. The van der Waals surface area contributed by atoms with Gasteiger partial charge < -0.3 is 15.2 Å². The fourth-order valence-corrected chi connectivity index (χ4v) is 2.74. The molecule has 0 saturated heterocycles. The Morgan fingerprint density at radius 1 is 1.26 bits per heavy atom. The second-order valence-electron chi connectivity index (χ2n) is 4.00. The summed E-state index contributed by atoms with van der Waals surface area (Å²) in [5, 5.41) is 0. The van der Waals surface area contributed by atoms with Crippen molar-refractivity contribution in [2.45, 2.75) is 17.7 Å². The van der Waals surface area contributed by atoms with Crippen LogP contribution < -0.4 is 15.2 Å². The maximum absolute atomic E-state index is 12.0. The van der Waals surface area contributed by atoms with Crippen LogP contribution in [-0.4, -0.2) is 35.8 Å². The van der Waals surface area contributed by atoms with Crippen molar-refractivity contribution in [2.75, 3.05) is 33.1 Å². The van der Waals surface area contributed by atoms with Crippen LogP contribution in [-0.2, 0) is 14.8 Å². The standard InChI is InChI=1S/C12H20N2O4S/c1-17-8-4-3-7-14-19(15,16)12-6-5-10(18-2)9-11(12)13/h5-6,9,14H,3-4,7-8,13H2,1-2H3. The minimum atomic E-state index is -3.57. The van der Waals surface area contributed by atoms with Gasteiger partial charge in [0.25, 0.3) is 0 Å². The summed E-state index contributed by atoms with van der Waals surface area (Å²) in [5.74, 6) is 0.525. The van der Waals surface area contributed by atoms with Crippen molar-refractivity contribution in [2.24, 2.45) is 0 Å². The van der Waals surface area contributed by atoms with E-state index in [-0.39, 0.29) is 10.6 Å². The van der Waals surface area contributed by atoms with E-state index in [2.05, 4.69) is 4.72 Å². The molecule has 0 aromatic heterocycles. The predicted octanol–water partition coefficient (Wildman–Crippen LogP) is 0.982. The molecule has 1 rings (SSSR count). The molecule has 0 unspecified atom stereocenters. The third-order valence-electron chi connectivity index (χ3n) is 2.57. The van der Waals surface area contributed by atoms with Crippen molar-refractivity contribution < 1.29 is 17.9 Å². The van der Waals surface area contributed by atoms with E-state index in [0.29, 0.717) is 25.3 Å². The molecule has 0 amide bonds. The molecule has 1 aromatic carbocycles. The number of hydrogen-bond acceptors (Lipinski definition) is 5. The number of sulfonamides is 1. The second kappa shape index (κ2) is 7.32. The summed E-state index contributed by atoms with van der Waals surface area (Å²) in [5.41, 5.74) is 5.89. The molecule has 0 aliphatic carbocycles. The maximum atomic E-state index is 12.0. The van der Waals surface area contributed by atoms with Gasteiger partial charge in [-0.1, -0.05) is 0 Å². The maximum Gasteiger partial charge on any atom is 0.242 e. The van der Waals surface area contributed by atoms with Crippen molar-refractivity contribution in [1.29, 1.82) is 0 Å². The van der Waals surface area contributed by atoms with Gasteiger partial charge in [0, 0.05) is 26.3 Å². The van der Waals surface area contributed by atoms with Crippen LogP contribution in [0.5, 0.6) is 5.75 Å². The molecule has 7 heteroatoms. The Labute approximate surface area is 113 Å². The first-order chi connectivity index (χ1) is 9.01. The number of rotatable bonds is 8. The van der Waals surface area contributed by atoms with Gasteiger partial charge in [0.15, 0.2) is 0 Å². The minimum absolute atomic E-state index is 0.0695. The lowest BCUT2D eigenvalue weighted by Crippen LogP contribution is -2.25. The first-order valence-electron chi connectivity index (χ1n) is 5.93. The van der Waals surface area contributed by atoms with Crippen molar-refractivity contribution in [3.63, 3.8) is 0 Å². The molecule has 0 spiro atoms. The summed E-state index contributed by atoms with van der Waals surface area (Å²) in [4.78, 5) is 0.0695. The molecule has 0 fully saturated rings. The van der Waals surface area contributed by atoms with E-state index in [1.165, 1.54) is 19.2 Å². The van der Waals surface area contributed by atoms with Gasteiger partial charge in [-0.05, 0) is 25.0 Å². The largest absolute Gasteiger partial charge is 0.497 e. The SMILES string of the molecule is COCCCCNS(=O)(=O)c1ccc(OC)cc1N. The number of unbranched alkanes of at least 4 members (excludes halogenated alkanes) is 1. The quantitative estimate of drug-likeness (QED) is 0.550. The summed E-state index contributed by atoms with van der Waals surface area (Å²) in [6, 6.07) is 4.49. The van der Waals surface area contributed by atoms with Gasteiger partial charge in [-0.15, -0.1) is 0 Å². The van der Waals surface area contributed by atoms with Crippen LogP contribution in [0.15, 0.2) is 23.1 Å². The first kappa shape index (κ1) is 15.7. The van der Waals surface area contributed by atoms with Gasteiger partial charge in [-0.3, -0.25) is 0 Å². The fourth-order valence-electron chi connectivity index (χ4n) is 1.55. The fraction of sp³-hybridized carbons (Fsp3) is 0.500. The zero-order valence-electron chi connectivity index (χ0n) is 11.2. The monoisotopic (exact) mass is 288 g/mol. The highest BCUT2D eigenvalue weighted by molar-refractivity contribution is 7.89. The van der Waals surface area contributed by atoms with E-state index in [1.54, 1.807) is 13.2 Å². The van der Waals surface area contributed by atoms with Gasteiger partial charge >= 0.3 is 0 Å². The summed E-state index contributed by atoms with van der Waals surface area (Å²) in [6.07, 6.45) is 1.51. The molecule has 0 heterocycles. The minimum Gasteiger partial charge on any atom is -0.497 e. The van der Waals surface area contributed by atoms with Crippen molar-refractivity contribution in [1.82, 2.24) is 4.72 Å². The van der Waals surface area contributed by atoms with E-state index in [0.717, 1.165) is 6.42 Å². The molecule has 0 bridgehead atoms. The molecule has 3 N–H and O–H groups in total. The average Bonchev–Trinajstić information content (AvgIpc) is 2.37. The number of nitrogens with two attached hydrogens (primary N) is 1. The molecule has 0 aliphatic rings. The van der Waals surface area contributed by atoms with E-state index in [9.17, 15) is 8.42 Å². The summed E-state index contributed by atoms with van der Waals surface area (Å²) >= 11 is 0. The van der Waals surface area contributed by atoms with Gasteiger partial charge in [-0.2, -0.15) is 0 Å². The van der Waals surface area contributed by atoms with E-state index < -0.39 is 10.0 Å². The molecular formula is C12H20N2O4S. The van der Waals surface area contributed by atoms with Gasteiger partial charge in [0.2, 0.25) is 10.0 Å². The van der Waals surface area contributed by atoms with Crippen LogP contribution in [0.4, 0.5) is 5.69 Å². The molecule has 19 heavy (non-hydrogen) atoms. The predicted molar refractivity (Wildman–Crippen MR) is 73.7 cm³/mol. The Morgan fingerprint density at radius 3 is 2.58 bits per heavy atom. The Morgan fingerprint density at radius 2 is 2.00 bits per heavy atom. The molecular weight excluding hydrogens is 268 g/mol. The van der Waals surface area contributed by atoms with Crippen molar-refractivity contribution >= 4 is 15.7 Å². The highest BCUT2D eigenvalue weighted by Gasteiger charge is 2.17. The number of nitrogen functional groups attached to an aromatic ring is 1. The second-order valence-corrected chi connectivity index (χ2v) is 5.74. The first-order valence-corrected chi connectivity index (χ1v) is 7.41. The number of benzene rings is 1. The lowest BCUT2D eigenvalue weighted by molar-refractivity contribution is 0.193. The topological polar surface area (TPSA) is 90.6 Å². The van der Waals surface area contributed by atoms with Crippen molar-refractivity contribution in [3.8, 4) is 5.75 Å². The summed E-state index contributed by atoms with van der Waals surface area (Å²) in [7, 11) is -0.464. The molecule has 0 aliphatic heterocycles. The van der Waals surface area contributed by atoms with E-state index in [1.807, 2.05) is 0 Å². The molecule has 108 valence electrons. The summed E-state index contributed by atoms with van der Waals surface area (Å²) < 4.78 is 36.4. The van der Waals surface area contributed by atoms with Crippen LogP contribution in [0.3, 0.4) is 0 Å². The number of nitrogens with one attached hydrogen (secondary N) is 1. The van der Waals surface area contributed by atoms with Crippen LogP contribution in [0.25, 0.3) is 0 Å². The molecule has 0 atom stereocenters. The third-order valence-corrected chi connectivity index (χ3v) is 4.11. The van der Waals surface area contributed by atoms with E-state index in [4.69, 9.17) is 15.2 Å². The Kier molecular flexibility index (Phi) is 6.07. The van der Waals surface area contributed by atoms with E-state index >= 15 is 0 Å². The number of hydrogen-bond donors (Lipinski definition) is 2. The van der Waals surface area contributed by atoms with Crippen molar-refractivity contribution in [3.05, 3.63) is 18.2 Å². The van der Waals surface area contributed by atoms with Crippen LogP contribution in [0.2, 0.25) is 0 Å². The average molecular weight is 288 g/mol. The Bertz CT molecular complexity index is 502. The molecule has 0 saturated carbocycles. The van der Waals surface area contributed by atoms with Gasteiger partial charge in [0.05, 0.1) is 12.8 Å². The number of ether oxygens (including phenoxy) is 2. The zero-order valence-corrected chi connectivity index (χ0v) is 12.0. The molecule has 1 aromatic rings. The molecule has 0 radical (unpaired) electrons. The van der Waals surface area contributed by atoms with Crippen LogP contribution in [0, 0.1) is 0 Å². The van der Waals surface area contributed by atoms with Crippen LogP contribution in [0.1, 0.15) is 12.8 Å². The Hall–Kier alpha value is -1.31. The smallest absolute Gasteiger partial charge is 0.242 e.